The summed E-state index contributed by atoms with van der Waals surface area (Å²) in [6.45, 7) is 1.70. The molecule has 1 aromatic carbocycles. The number of pyridine rings is 1. The van der Waals surface area contributed by atoms with Gasteiger partial charge in [0, 0.05) is 24.0 Å². The first kappa shape index (κ1) is 27.3. The smallest absolute Gasteiger partial charge is 0.329 e. The summed E-state index contributed by atoms with van der Waals surface area (Å²) in [6.07, 6.45) is 4.70. The maximum atomic E-state index is 14.3. The fourth-order valence-electron chi connectivity index (χ4n) is 5.67. The normalized spacial score (nSPS) is 28.0. The van der Waals surface area contributed by atoms with Crippen LogP contribution in [0.25, 0.3) is 10.8 Å². The highest BCUT2D eigenvalue weighted by Gasteiger charge is 2.57. The lowest BCUT2D eigenvalue weighted by molar-refractivity contribution is -0.220. The van der Waals surface area contributed by atoms with E-state index in [1.807, 2.05) is 42.5 Å². The van der Waals surface area contributed by atoms with Crippen molar-refractivity contribution in [3.8, 4) is 0 Å². The van der Waals surface area contributed by atoms with E-state index in [-0.39, 0.29) is 31.2 Å². The van der Waals surface area contributed by atoms with Crippen molar-refractivity contribution in [3.05, 3.63) is 48.7 Å². The Hall–Kier alpha value is -4.32. The summed E-state index contributed by atoms with van der Waals surface area (Å²) in [5, 5.41) is 12.0. The molecular formula is C28H30N4O8. The molecular weight excluding hydrogens is 520 g/mol. The standard InChI is InChI=1S/C28H30N4O8/c1-2-22(33)32(24-18-9-5-3-7-16(18)13-14-30-24)19-10-6-4-8-17-11-12-20(31(17)25(19)35)26(36)39-21-15-23(34)40-28(21,38)27(29)37/h3-7,9,13-14,17,19-21,38H,2,8,10-12,15H2,1H3,(H2,29,37). The van der Waals surface area contributed by atoms with Crippen molar-refractivity contribution >= 4 is 46.3 Å². The molecule has 12 nitrogen and oxygen atoms in total. The van der Waals surface area contributed by atoms with Crippen LogP contribution in [-0.2, 0) is 33.4 Å². The number of primary amides is 1. The third kappa shape index (κ3) is 4.68. The second-order valence-corrected chi connectivity index (χ2v) is 10.1. The number of amides is 3. The minimum Gasteiger partial charge on any atom is -0.453 e. The summed E-state index contributed by atoms with van der Waals surface area (Å²) in [5.41, 5.74) is 5.19. The Balaban J connectivity index is 1.48. The highest BCUT2D eigenvalue weighted by atomic mass is 16.7. The van der Waals surface area contributed by atoms with E-state index in [1.54, 1.807) is 13.1 Å². The van der Waals surface area contributed by atoms with Crippen molar-refractivity contribution in [2.24, 2.45) is 5.73 Å². The zero-order chi connectivity index (χ0) is 28.6. The zero-order valence-electron chi connectivity index (χ0n) is 21.9. The van der Waals surface area contributed by atoms with Gasteiger partial charge in [-0.05, 0) is 37.1 Å². The summed E-state index contributed by atoms with van der Waals surface area (Å²) in [7, 11) is 0. The van der Waals surface area contributed by atoms with E-state index in [2.05, 4.69) is 9.72 Å². The van der Waals surface area contributed by atoms with Crippen molar-refractivity contribution in [2.45, 2.75) is 75.5 Å². The number of benzene rings is 1. The Morgan fingerprint density at radius 2 is 1.93 bits per heavy atom. The molecule has 3 aliphatic rings. The lowest BCUT2D eigenvalue weighted by Crippen LogP contribution is -2.57. The molecule has 12 heteroatoms. The summed E-state index contributed by atoms with van der Waals surface area (Å²) >= 11 is 0. The van der Waals surface area contributed by atoms with Crippen molar-refractivity contribution in [2.75, 3.05) is 4.90 Å². The summed E-state index contributed by atoms with van der Waals surface area (Å²) in [4.78, 5) is 71.9. The second-order valence-electron chi connectivity index (χ2n) is 10.1. The van der Waals surface area contributed by atoms with Gasteiger partial charge in [-0.25, -0.2) is 9.78 Å². The lowest BCUT2D eigenvalue weighted by atomic mass is 10.0. The van der Waals surface area contributed by atoms with E-state index < -0.39 is 54.1 Å². The third-order valence-corrected chi connectivity index (χ3v) is 7.68. The monoisotopic (exact) mass is 550 g/mol. The van der Waals surface area contributed by atoms with E-state index in [4.69, 9.17) is 10.5 Å². The Morgan fingerprint density at radius 3 is 2.67 bits per heavy atom. The fourth-order valence-corrected chi connectivity index (χ4v) is 5.67. The van der Waals surface area contributed by atoms with Crippen molar-refractivity contribution in [1.29, 1.82) is 0 Å². The molecule has 3 amide bonds. The molecule has 3 aliphatic heterocycles. The molecule has 3 N–H and O–H groups in total. The molecule has 0 radical (unpaired) electrons. The van der Waals surface area contributed by atoms with Crippen LogP contribution in [0.3, 0.4) is 0 Å². The zero-order valence-corrected chi connectivity index (χ0v) is 21.9. The number of nitrogens with two attached hydrogens (primary N) is 1. The Kier molecular flexibility index (Phi) is 7.28. The molecule has 5 atom stereocenters. The topological polar surface area (TPSA) is 169 Å². The first-order valence-electron chi connectivity index (χ1n) is 13.2. The quantitative estimate of drug-likeness (QED) is 0.395. The molecule has 2 saturated heterocycles. The number of fused-ring (bicyclic) bond motifs is 2. The van der Waals surface area contributed by atoms with Crippen LogP contribution in [0, 0.1) is 0 Å². The number of nitrogens with zero attached hydrogens (tertiary/aromatic N) is 3. The van der Waals surface area contributed by atoms with Crippen LogP contribution in [0.15, 0.2) is 48.7 Å². The van der Waals surface area contributed by atoms with Crippen LogP contribution in [-0.4, -0.2) is 74.7 Å². The molecule has 2 fully saturated rings. The van der Waals surface area contributed by atoms with Gasteiger partial charge in [-0.2, -0.15) is 0 Å². The van der Waals surface area contributed by atoms with Gasteiger partial charge in [0.05, 0.1) is 6.42 Å². The van der Waals surface area contributed by atoms with E-state index in [0.717, 1.165) is 5.39 Å². The average molecular weight is 551 g/mol. The van der Waals surface area contributed by atoms with Gasteiger partial charge in [-0.1, -0.05) is 43.3 Å². The van der Waals surface area contributed by atoms with Crippen molar-refractivity contribution in [1.82, 2.24) is 9.88 Å². The minimum absolute atomic E-state index is 0.120. The summed E-state index contributed by atoms with van der Waals surface area (Å²) < 4.78 is 10.0. The summed E-state index contributed by atoms with van der Waals surface area (Å²) in [6, 6.07) is 6.84. The van der Waals surface area contributed by atoms with Crippen molar-refractivity contribution < 1.29 is 38.6 Å². The lowest BCUT2D eigenvalue weighted by Gasteiger charge is -2.38. The molecule has 0 saturated carbocycles. The van der Waals surface area contributed by atoms with E-state index >= 15 is 0 Å². The predicted octanol–water partition coefficient (Wildman–Crippen LogP) is 1.09. The number of anilines is 1. The van der Waals surface area contributed by atoms with Gasteiger partial charge in [0.15, 0.2) is 6.10 Å². The van der Waals surface area contributed by atoms with Crippen molar-refractivity contribution in [3.63, 3.8) is 0 Å². The van der Waals surface area contributed by atoms with E-state index in [0.29, 0.717) is 24.0 Å². The van der Waals surface area contributed by atoms with Crippen LogP contribution < -0.4 is 10.6 Å². The molecule has 4 heterocycles. The number of ether oxygens (including phenoxy) is 2. The van der Waals surface area contributed by atoms with Gasteiger partial charge in [-0.3, -0.25) is 24.1 Å². The van der Waals surface area contributed by atoms with Gasteiger partial charge in [-0.15, -0.1) is 0 Å². The van der Waals surface area contributed by atoms with Gasteiger partial charge in [0.25, 0.3) is 5.91 Å². The number of cyclic esters (lactones) is 1. The predicted molar refractivity (Wildman–Crippen MR) is 140 cm³/mol. The van der Waals surface area contributed by atoms with Crippen LogP contribution >= 0.6 is 0 Å². The fraction of sp³-hybridized carbons (Fsp3) is 0.429. The first-order chi connectivity index (χ1) is 19.2. The number of aliphatic hydroxyl groups is 1. The molecule has 210 valence electrons. The SMILES string of the molecule is CCC(=O)N(c1nccc2ccccc12)C1CC=CCC2CCC(C(=O)OC3CC(=O)OC3(O)C(N)=O)N2C1=O. The Labute approximate surface area is 229 Å². The molecule has 0 bridgehead atoms. The molecule has 2 aromatic rings. The molecule has 0 aliphatic carbocycles. The highest BCUT2D eigenvalue weighted by Crippen LogP contribution is 2.35. The van der Waals surface area contributed by atoms with Gasteiger partial charge in [0.1, 0.15) is 17.9 Å². The number of rotatable bonds is 6. The van der Waals surface area contributed by atoms with Crippen LogP contribution in [0.5, 0.6) is 0 Å². The first-order valence-corrected chi connectivity index (χ1v) is 13.2. The van der Waals surface area contributed by atoms with Crippen LogP contribution in [0.1, 0.15) is 45.4 Å². The molecule has 0 spiro atoms. The van der Waals surface area contributed by atoms with Gasteiger partial charge >= 0.3 is 17.7 Å². The second kappa shape index (κ2) is 10.7. The highest BCUT2D eigenvalue weighted by molar-refractivity contribution is 6.06. The third-order valence-electron chi connectivity index (χ3n) is 7.68. The maximum Gasteiger partial charge on any atom is 0.329 e. The molecule has 40 heavy (non-hydrogen) atoms. The number of aromatic nitrogens is 1. The molecule has 1 aromatic heterocycles. The van der Waals surface area contributed by atoms with Gasteiger partial charge < -0.3 is 25.2 Å². The Morgan fingerprint density at radius 1 is 1.18 bits per heavy atom. The molecule has 5 unspecified atom stereocenters. The number of carbonyl (C=O) groups excluding carboxylic acids is 5. The minimum atomic E-state index is -2.79. The van der Waals surface area contributed by atoms with Crippen LogP contribution in [0.4, 0.5) is 5.82 Å². The number of hydrogen-bond acceptors (Lipinski definition) is 9. The average Bonchev–Trinajstić information content (AvgIpc) is 3.48. The van der Waals surface area contributed by atoms with Crippen LogP contribution in [0.2, 0.25) is 0 Å². The van der Waals surface area contributed by atoms with E-state index in [1.165, 1.54) is 9.80 Å². The number of esters is 2. The summed E-state index contributed by atoms with van der Waals surface area (Å²) in [5.74, 6) is -6.43. The number of hydrogen-bond donors (Lipinski definition) is 2. The maximum absolute atomic E-state index is 14.3. The number of carbonyl (C=O) groups is 5. The Bertz CT molecular complexity index is 1400. The molecule has 5 rings (SSSR count). The van der Waals surface area contributed by atoms with E-state index in [9.17, 15) is 29.1 Å². The van der Waals surface area contributed by atoms with Gasteiger partial charge in [0.2, 0.25) is 11.8 Å². The largest absolute Gasteiger partial charge is 0.453 e.